The molecule has 2 atom stereocenters. The first-order valence-electron chi connectivity index (χ1n) is 6.57. The van der Waals surface area contributed by atoms with E-state index in [4.69, 9.17) is 0 Å². The van der Waals surface area contributed by atoms with Crippen molar-refractivity contribution in [3.63, 3.8) is 0 Å². The Bertz CT molecular complexity index is 385. The van der Waals surface area contributed by atoms with Gasteiger partial charge in [0.2, 0.25) is 5.91 Å². The molecule has 2 unspecified atom stereocenters. The molecule has 0 bridgehead atoms. The quantitative estimate of drug-likeness (QED) is 0.814. The van der Waals surface area contributed by atoms with Gasteiger partial charge in [0.1, 0.15) is 6.54 Å². The van der Waals surface area contributed by atoms with Crippen molar-refractivity contribution in [2.75, 3.05) is 0 Å². The summed E-state index contributed by atoms with van der Waals surface area (Å²) in [4.78, 5) is 11.7. The zero-order chi connectivity index (χ0) is 13.7. The summed E-state index contributed by atoms with van der Waals surface area (Å²) < 4.78 is 1.80. The predicted octanol–water partition coefficient (Wildman–Crippen LogP) is 2.09. The van der Waals surface area contributed by atoms with Crippen LogP contribution in [0.25, 0.3) is 0 Å². The normalized spacial score (nSPS) is 14.6. The molecule has 0 fully saturated rings. The fourth-order valence-electron chi connectivity index (χ4n) is 1.71. The fraction of sp³-hybridized carbons (Fsp3) is 0.643. The van der Waals surface area contributed by atoms with E-state index in [1.165, 1.54) is 0 Å². The van der Waals surface area contributed by atoms with Crippen molar-refractivity contribution < 1.29 is 9.90 Å². The van der Waals surface area contributed by atoms with Crippen molar-refractivity contribution in [2.45, 2.75) is 52.8 Å². The van der Waals surface area contributed by atoms with Gasteiger partial charge in [0.25, 0.3) is 0 Å². The first kappa shape index (κ1) is 14.8. The molecule has 2 N–H and O–H groups in total. The monoisotopic (exact) mass is 252 g/mol. The molecule has 0 aliphatic rings. The first-order valence-corrected chi connectivity index (χ1v) is 6.57. The van der Waals surface area contributed by atoms with Crippen LogP contribution in [0.15, 0.2) is 18.5 Å². The van der Waals surface area contributed by atoms with E-state index in [9.17, 15) is 9.90 Å². The van der Waals surface area contributed by atoms with Gasteiger partial charge < -0.3 is 15.0 Å². The van der Waals surface area contributed by atoms with Gasteiger partial charge in [0, 0.05) is 18.4 Å². The van der Waals surface area contributed by atoms with Crippen molar-refractivity contribution in [1.29, 1.82) is 0 Å². The minimum atomic E-state index is -0.469. The summed E-state index contributed by atoms with van der Waals surface area (Å²) >= 11 is 0. The number of carbonyl (C=O) groups excluding carboxylic acids is 1. The Balaban J connectivity index is 2.56. The number of nitrogens with one attached hydrogen (secondary N) is 1. The maximum Gasteiger partial charge on any atom is 0.240 e. The van der Waals surface area contributed by atoms with Crippen molar-refractivity contribution in [3.8, 4) is 0 Å². The molecule has 0 radical (unpaired) electrons. The zero-order valence-corrected chi connectivity index (χ0v) is 11.7. The SMILES string of the molecule is CCC(C)NC(=O)Cn1ccc(C(O)C(C)C)c1. The lowest BCUT2D eigenvalue weighted by atomic mass is 10.0. The molecule has 0 saturated heterocycles. The number of aliphatic hydroxyl groups excluding tert-OH is 1. The summed E-state index contributed by atoms with van der Waals surface area (Å²) in [6.45, 7) is 8.27. The Labute approximate surface area is 109 Å². The maximum atomic E-state index is 11.7. The third-order valence-electron chi connectivity index (χ3n) is 3.09. The van der Waals surface area contributed by atoms with E-state index in [1.54, 1.807) is 4.57 Å². The summed E-state index contributed by atoms with van der Waals surface area (Å²) in [6, 6.07) is 2.06. The number of carbonyl (C=O) groups is 1. The van der Waals surface area contributed by atoms with Crippen LogP contribution < -0.4 is 5.32 Å². The molecule has 1 aromatic rings. The number of hydrogen-bond donors (Lipinski definition) is 2. The Hall–Kier alpha value is -1.29. The highest BCUT2D eigenvalue weighted by atomic mass is 16.3. The minimum Gasteiger partial charge on any atom is -0.388 e. The van der Waals surface area contributed by atoms with Crippen LogP contribution in [0.2, 0.25) is 0 Å². The fourth-order valence-corrected chi connectivity index (χ4v) is 1.71. The maximum absolute atomic E-state index is 11.7. The van der Waals surface area contributed by atoms with Gasteiger partial charge in [0.15, 0.2) is 0 Å². The molecular weight excluding hydrogens is 228 g/mol. The van der Waals surface area contributed by atoms with Crippen LogP contribution in [0, 0.1) is 5.92 Å². The summed E-state index contributed by atoms with van der Waals surface area (Å²) in [5, 5.41) is 12.8. The number of hydrogen-bond acceptors (Lipinski definition) is 2. The zero-order valence-electron chi connectivity index (χ0n) is 11.7. The lowest BCUT2D eigenvalue weighted by molar-refractivity contribution is -0.122. The van der Waals surface area contributed by atoms with Gasteiger partial charge in [0.05, 0.1) is 6.10 Å². The Morgan fingerprint density at radius 1 is 1.44 bits per heavy atom. The molecule has 102 valence electrons. The van der Waals surface area contributed by atoms with E-state index >= 15 is 0 Å². The highest BCUT2D eigenvalue weighted by molar-refractivity contribution is 5.76. The molecule has 1 aromatic heterocycles. The largest absolute Gasteiger partial charge is 0.388 e. The first-order chi connectivity index (χ1) is 8.43. The molecule has 1 rings (SSSR count). The molecular formula is C14H24N2O2. The number of aromatic nitrogens is 1. The highest BCUT2D eigenvalue weighted by Crippen LogP contribution is 2.21. The van der Waals surface area contributed by atoms with Gasteiger partial charge >= 0.3 is 0 Å². The number of aliphatic hydroxyl groups is 1. The molecule has 0 aliphatic heterocycles. The summed E-state index contributed by atoms with van der Waals surface area (Å²) in [7, 11) is 0. The second-order valence-electron chi connectivity index (χ2n) is 5.18. The Kier molecular flexibility index (Phi) is 5.41. The number of nitrogens with zero attached hydrogens (tertiary/aromatic N) is 1. The van der Waals surface area contributed by atoms with E-state index in [-0.39, 0.29) is 17.9 Å². The van der Waals surface area contributed by atoms with Crippen molar-refractivity contribution >= 4 is 5.91 Å². The average Bonchev–Trinajstić information content (AvgIpc) is 2.75. The van der Waals surface area contributed by atoms with E-state index in [2.05, 4.69) is 5.32 Å². The van der Waals surface area contributed by atoms with Crippen molar-refractivity contribution in [2.24, 2.45) is 5.92 Å². The number of rotatable bonds is 6. The smallest absolute Gasteiger partial charge is 0.240 e. The predicted molar refractivity (Wildman–Crippen MR) is 72.1 cm³/mol. The number of amides is 1. The van der Waals surface area contributed by atoms with E-state index in [1.807, 2.05) is 46.2 Å². The van der Waals surface area contributed by atoms with E-state index < -0.39 is 6.10 Å². The average molecular weight is 252 g/mol. The van der Waals surface area contributed by atoms with Crippen LogP contribution in [0.3, 0.4) is 0 Å². The highest BCUT2D eigenvalue weighted by Gasteiger charge is 2.14. The van der Waals surface area contributed by atoms with Crippen LogP contribution in [0.5, 0.6) is 0 Å². The summed E-state index contributed by atoms with van der Waals surface area (Å²) in [5.41, 5.74) is 0.862. The Morgan fingerprint density at radius 2 is 2.11 bits per heavy atom. The molecule has 4 heteroatoms. The van der Waals surface area contributed by atoms with Crippen LogP contribution >= 0.6 is 0 Å². The molecule has 1 heterocycles. The molecule has 0 aliphatic carbocycles. The van der Waals surface area contributed by atoms with E-state index in [0.29, 0.717) is 6.54 Å². The van der Waals surface area contributed by atoms with Crippen LogP contribution in [0.1, 0.15) is 45.8 Å². The minimum absolute atomic E-state index is 0.00513. The lowest BCUT2D eigenvalue weighted by Gasteiger charge is -2.13. The molecule has 1 amide bonds. The standard InChI is InChI=1S/C14H24N2O2/c1-5-11(4)15-13(17)9-16-7-6-12(8-16)14(18)10(2)3/h6-8,10-11,14,18H,5,9H2,1-4H3,(H,15,17). The van der Waals surface area contributed by atoms with Crippen LogP contribution in [-0.2, 0) is 11.3 Å². The van der Waals surface area contributed by atoms with Crippen molar-refractivity contribution in [3.05, 3.63) is 24.0 Å². The van der Waals surface area contributed by atoms with Gasteiger partial charge in [-0.15, -0.1) is 0 Å². The van der Waals surface area contributed by atoms with Crippen LogP contribution in [0.4, 0.5) is 0 Å². The molecule has 18 heavy (non-hydrogen) atoms. The van der Waals surface area contributed by atoms with Gasteiger partial charge in [-0.05, 0) is 30.9 Å². The Morgan fingerprint density at radius 3 is 2.67 bits per heavy atom. The van der Waals surface area contributed by atoms with E-state index in [0.717, 1.165) is 12.0 Å². The lowest BCUT2D eigenvalue weighted by Crippen LogP contribution is -2.34. The molecule has 0 aromatic carbocycles. The molecule has 0 saturated carbocycles. The van der Waals surface area contributed by atoms with Gasteiger partial charge in [-0.1, -0.05) is 20.8 Å². The van der Waals surface area contributed by atoms with Crippen molar-refractivity contribution in [1.82, 2.24) is 9.88 Å². The second kappa shape index (κ2) is 6.59. The summed E-state index contributed by atoms with van der Waals surface area (Å²) in [6.07, 6.45) is 4.12. The summed E-state index contributed by atoms with van der Waals surface area (Å²) in [5.74, 6) is 0.181. The third-order valence-corrected chi connectivity index (χ3v) is 3.09. The van der Waals surface area contributed by atoms with Gasteiger partial charge in [-0.25, -0.2) is 0 Å². The topological polar surface area (TPSA) is 54.3 Å². The van der Waals surface area contributed by atoms with Crippen LogP contribution in [-0.4, -0.2) is 21.6 Å². The molecule has 4 nitrogen and oxygen atoms in total. The molecule has 0 spiro atoms. The second-order valence-corrected chi connectivity index (χ2v) is 5.18. The van der Waals surface area contributed by atoms with Gasteiger partial charge in [-0.2, -0.15) is 0 Å². The van der Waals surface area contributed by atoms with Gasteiger partial charge in [-0.3, -0.25) is 4.79 Å². The third kappa shape index (κ3) is 4.18.